The fourth-order valence-corrected chi connectivity index (χ4v) is 3.57. The van der Waals surface area contributed by atoms with Crippen LogP contribution in [-0.2, 0) is 0 Å². The van der Waals surface area contributed by atoms with Crippen LogP contribution in [0.5, 0.6) is 0 Å². The molecule has 3 aliphatic carbocycles. The molecule has 0 N–H and O–H groups in total. The van der Waals surface area contributed by atoms with Gasteiger partial charge in [0.2, 0.25) is 0 Å². The SMILES string of the molecule is CCCCCCCCC1CC2C=CC1CC2. The van der Waals surface area contributed by atoms with Crippen LogP contribution in [0.4, 0.5) is 0 Å². The molecule has 0 aromatic rings. The third-order valence-corrected chi connectivity index (χ3v) is 4.64. The lowest BCUT2D eigenvalue weighted by Gasteiger charge is -2.38. The maximum atomic E-state index is 2.53. The standard InChI is InChI=1S/C16H28/c1-2-3-4-5-6-7-8-16-13-14-9-11-15(16)12-10-14/h9,11,14-16H,2-8,10,12-13H2,1H3. The fourth-order valence-electron chi connectivity index (χ4n) is 3.57. The Morgan fingerprint density at radius 1 is 0.938 bits per heavy atom. The summed E-state index contributed by atoms with van der Waals surface area (Å²) in [6, 6.07) is 0. The highest BCUT2D eigenvalue weighted by Crippen LogP contribution is 2.42. The van der Waals surface area contributed by atoms with E-state index >= 15 is 0 Å². The molecule has 3 rings (SSSR count). The maximum Gasteiger partial charge on any atom is -0.0205 e. The number of fused-ring (bicyclic) bond motifs is 2. The summed E-state index contributed by atoms with van der Waals surface area (Å²) in [4.78, 5) is 0. The Balaban J connectivity index is 1.55. The van der Waals surface area contributed by atoms with Crippen LogP contribution < -0.4 is 0 Å². The van der Waals surface area contributed by atoms with Crippen LogP contribution in [0.15, 0.2) is 12.2 Å². The Morgan fingerprint density at radius 3 is 2.38 bits per heavy atom. The molecule has 0 amide bonds. The zero-order valence-electron chi connectivity index (χ0n) is 11.0. The van der Waals surface area contributed by atoms with Crippen molar-refractivity contribution in [3.05, 3.63) is 12.2 Å². The Labute approximate surface area is 102 Å². The van der Waals surface area contributed by atoms with E-state index in [0.29, 0.717) is 0 Å². The minimum atomic E-state index is 0.954. The van der Waals surface area contributed by atoms with E-state index < -0.39 is 0 Å². The smallest absolute Gasteiger partial charge is 0.0205 e. The van der Waals surface area contributed by atoms with E-state index in [1.807, 2.05) is 0 Å². The largest absolute Gasteiger partial charge is 0.0851 e. The molecule has 3 unspecified atom stereocenters. The van der Waals surface area contributed by atoms with Crippen LogP contribution in [0.1, 0.15) is 71.1 Å². The van der Waals surface area contributed by atoms with E-state index in [4.69, 9.17) is 0 Å². The van der Waals surface area contributed by atoms with E-state index in [-0.39, 0.29) is 0 Å². The zero-order valence-corrected chi connectivity index (χ0v) is 11.0. The molecule has 1 saturated carbocycles. The van der Waals surface area contributed by atoms with Gasteiger partial charge in [-0.15, -0.1) is 0 Å². The molecule has 0 heterocycles. The first-order chi connectivity index (χ1) is 7.90. The van der Waals surface area contributed by atoms with Crippen molar-refractivity contribution in [2.75, 3.05) is 0 Å². The average Bonchev–Trinajstić information content (AvgIpc) is 2.35. The Bertz CT molecular complexity index is 216. The molecule has 92 valence electrons. The molecule has 0 aromatic carbocycles. The number of rotatable bonds is 7. The molecule has 3 aliphatic rings. The molecular formula is C16H28. The second-order valence-electron chi connectivity index (χ2n) is 5.94. The summed E-state index contributed by atoms with van der Waals surface area (Å²) in [5.74, 6) is 2.96. The quantitative estimate of drug-likeness (QED) is 0.401. The number of allylic oxidation sites excluding steroid dienone is 2. The molecule has 0 spiro atoms. The van der Waals surface area contributed by atoms with Crippen molar-refractivity contribution < 1.29 is 0 Å². The lowest BCUT2D eigenvalue weighted by Crippen LogP contribution is -2.27. The molecule has 16 heavy (non-hydrogen) atoms. The van der Waals surface area contributed by atoms with Crippen molar-refractivity contribution in [3.63, 3.8) is 0 Å². The minimum absolute atomic E-state index is 0.954. The van der Waals surface area contributed by atoms with Gasteiger partial charge in [-0.3, -0.25) is 0 Å². The molecule has 1 fully saturated rings. The van der Waals surface area contributed by atoms with E-state index in [9.17, 15) is 0 Å². The summed E-state index contributed by atoms with van der Waals surface area (Å²) >= 11 is 0. The summed E-state index contributed by atoms with van der Waals surface area (Å²) in [5.41, 5.74) is 0. The van der Waals surface area contributed by atoms with Crippen LogP contribution in [0.2, 0.25) is 0 Å². The van der Waals surface area contributed by atoms with Crippen LogP contribution in [0.25, 0.3) is 0 Å². The van der Waals surface area contributed by atoms with Crippen molar-refractivity contribution in [1.82, 2.24) is 0 Å². The number of unbranched alkanes of at least 4 members (excludes halogenated alkanes) is 5. The molecule has 0 aliphatic heterocycles. The topological polar surface area (TPSA) is 0 Å². The predicted octanol–water partition coefficient (Wildman–Crippen LogP) is 5.34. The van der Waals surface area contributed by atoms with Gasteiger partial charge in [0.05, 0.1) is 0 Å². The van der Waals surface area contributed by atoms with Crippen molar-refractivity contribution in [2.24, 2.45) is 17.8 Å². The first kappa shape index (κ1) is 12.2. The van der Waals surface area contributed by atoms with Gasteiger partial charge in [-0.2, -0.15) is 0 Å². The molecule has 3 atom stereocenters. The molecule has 0 saturated heterocycles. The lowest BCUT2D eigenvalue weighted by atomic mass is 9.67. The van der Waals surface area contributed by atoms with Gasteiger partial charge >= 0.3 is 0 Å². The summed E-state index contributed by atoms with van der Waals surface area (Å²) in [7, 11) is 0. The van der Waals surface area contributed by atoms with E-state index in [2.05, 4.69) is 19.1 Å². The fraction of sp³-hybridized carbons (Fsp3) is 0.875. The van der Waals surface area contributed by atoms with Crippen molar-refractivity contribution in [2.45, 2.75) is 71.1 Å². The van der Waals surface area contributed by atoms with Gasteiger partial charge in [-0.05, 0) is 43.4 Å². The Hall–Kier alpha value is -0.260. The molecule has 2 bridgehead atoms. The van der Waals surface area contributed by atoms with Gasteiger partial charge in [0, 0.05) is 0 Å². The number of hydrogen-bond donors (Lipinski definition) is 0. The molecule has 0 heteroatoms. The van der Waals surface area contributed by atoms with E-state index in [1.54, 1.807) is 0 Å². The highest BCUT2D eigenvalue weighted by molar-refractivity contribution is 5.05. The Morgan fingerprint density at radius 2 is 1.75 bits per heavy atom. The van der Waals surface area contributed by atoms with Crippen molar-refractivity contribution in [3.8, 4) is 0 Å². The van der Waals surface area contributed by atoms with Crippen LogP contribution >= 0.6 is 0 Å². The van der Waals surface area contributed by atoms with Crippen LogP contribution in [-0.4, -0.2) is 0 Å². The Kier molecular flexibility index (Phi) is 4.93. The van der Waals surface area contributed by atoms with Gasteiger partial charge in [-0.1, -0.05) is 57.6 Å². The minimum Gasteiger partial charge on any atom is -0.0851 e. The normalized spacial score (nSPS) is 32.2. The van der Waals surface area contributed by atoms with Gasteiger partial charge in [0.1, 0.15) is 0 Å². The highest BCUT2D eigenvalue weighted by atomic mass is 14.4. The first-order valence-corrected chi connectivity index (χ1v) is 7.58. The molecule has 0 nitrogen and oxygen atoms in total. The van der Waals surface area contributed by atoms with Crippen molar-refractivity contribution in [1.29, 1.82) is 0 Å². The van der Waals surface area contributed by atoms with Crippen molar-refractivity contribution >= 4 is 0 Å². The molecular weight excluding hydrogens is 192 g/mol. The van der Waals surface area contributed by atoms with Gasteiger partial charge in [0.15, 0.2) is 0 Å². The summed E-state index contributed by atoms with van der Waals surface area (Å²) < 4.78 is 0. The second kappa shape index (κ2) is 6.47. The van der Waals surface area contributed by atoms with E-state index in [0.717, 1.165) is 17.8 Å². The maximum absolute atomic E-state index is 2.53. The third kappa shape index (κ3) is 3.37. The van der Waals surface area contributed by atoms with Gasteiger partial charge in [-0.25, -0.2) is 0 Å². The van der Waals surface area contributed by atoms with Crippen LogP contribution in [0.3, 0.4) is 0 Å². The van der Waals surface area contributed by atoms with Gasteiger partial charge < -0.3 is 0 Å². The summed E-state index contributed by atoms with van der Waals surface area (Å²) in [6.07, 6.45) is 19.7. The molecule has 0 radical (unpaired) electrons. The monoisotopic (exact) mass is 220 g/mol. The average molecular weight is 220 g/mol. The molecule has 0 aromatic heterocycles. The van der Waals surface area contributed by atoms with E-state index in [1.165, 1.54) is 64.2 Å². The summed E-state index contributed by atoms with van der Waals surface area (Å²) in [5, 5.41) is 0. The zero-order chi connectivity index (χ0) is 11.2. The third-order valence-electron chi connectivity index (χ3n) is 4.64. The number of hydrogen-bond acceptors (Lipinski definition) is 0. The van der Waals surface area contributed by atoms with Gasteiger partial charge in [0.25, 0.3) is 0 Å². The first-order valence-electron chi connectivity index (χ1n) is 7.58. The van der Waals surface area contributed by atoms with Crippen LogP contribution in [0, 0.1) is 17.8 Å². The second-order valence-corrected chi connectivity index (χ2v) is 5.94. The highest BCUT2D eigenvalue weighted by Gasteiger charge is 2.30. The predicted molar refractivity (Wildman–Crippen MR) is 71.5 cm³/mol. The lowest BCUT2D eigenvalue weighted by molar-refractivity contribution is 0.204. The summed E-state index contributed by atoms with van der Waals surface area (Å²) in [6.45, 7) is 2.30.